The highest BCUT2D eigenvalue weighted by molar-refractivity contribution is 7.92. The van der Waals surface area contributed by atoms with Gasteiger partial charge >= 0.3 is 0 Å². The van der Waals surface area contributed by atoms with Crippen LogP contribution < -0.4 is 9.62 Å². The molecule has 0 aliphatic heterocycles. The van der Waals surface area contributed by atoms with Crippen molar-refractivity contribution in [1.82, 2.24) is 5.32 Å². The van der Waals surface area contributed by atoms with E-state index in [1.807, 2.05) is 32.9 Å². The molecule has 0 radical (unpaired) electrons. The number of hydrogen-bond donors (Lipinski definition) is 1. The van der Waals surface area contributed by atoms with E-state index in [0.29, 0.717) is 24.6 Å². The van der Waals surface area contributed by atoms with Gasteiger partial charge in [-0.15, -0.1) is 0 Å². The molecule has 0 aliphatic carbocycles. The Labute approximate surface area is 165 Å². The molecule has 154 valence electrons. The second-order valence-electron chi connectivity index (χ2n) is 7.41. The summed E-state index contributed by atoms with van der Waals surface area (Å²) < 4.78 is 26.3. The lowest BCUT2D eigenvalue weighted by atomic mass is 9.99. The summed E-state index contributed by atoms with van der Waals surface area (Å²) >= 11 is 0. The quantitative estimate of drug-likeness (QED) is 0.610. The number of rotatable bonds is 11. The first-order valence-electron chi connectivity index (χ1n) is 9.99. The second-order valence-corrected chi connectivity index (χ2v) is 9.27. The summed E-state index contributed by atoms with van der Waals surface area (Å²) in [4.78, 5) is 12.9. The van der Waals surface area contributed by atoms with Crippen molar-refractivity contribution in [2.24, 2.45) is 5.92 Å². The minimum atomic E-state index is -3.59. The van der Waals surface area contributed by atoms with E-state index in [-0.39, 0.29) is 5.91 Å². The molecule has 0 saturated heterocycles. The van der Waals surface area contributed by atoms with Gasteiger partial charge in [-0.2, -0.15) is 0 Å². The van der Waals surface area contributed by atoms with E-state index in [0.717, 1.165) is 43.1 Å². The van der Waals surface area contributed by atoms with E-state index in [9.17, 15) is 13.2 Å². The number of nitrogens with one attached hydrogen (secondary N) is 1. The summed E-state index contributed by atoms with van der Waals surface area (Å²) in [5, 5.41) is 3.00. The summed E-state index contributed by atoms with van der Waals surface area (Å²) in [5.74, 6) is 0.204. The number of carbonyl (C=O) groups is 1. The summed E-state index contributed by atoms with van der Waals surface area (Å²) in [7, 11) is -3.59. The van der Waals surface area contributed by atoms with E-state index in [1.165, 1.54) is 4.31 Å². The number of anilines is 1. The molecule has 1 rings (SSSR count). The number of hydrogen-bond acceptors (Lipinski definition) is 3. The van der Waals surface area contributed by atoms with Crippen molar-refractivity contribution < 1.29 is 13.2 Å². The molecule has 1 amide bonds. The van der Waals surface area contributed by atoms with Crippen LogP contribution in [-0.2, 0) is 14.8 Å². The van der Waals surface area contributed by atoms with E-state index < -0.39 is 16.1 Å². The van der Waals surface area contributed by atoms with Crippen LogP contribution in [0.1, 0.15) is 64.0 Å². The zero-order chi connectivity index (χ0) is 20.6. The van der Waals surface area contributed by atoms with Gasteiger partial charge in [0.25, 0.3) is 0 Å². The molecule has 1 N–H and O–H groups in total. The molecule has 0 unspecified atom stereocenters. The van der Waals surface area contributed by atoms with Gasteiger partial charge < -0.3 is 5.32 Å². The Bertz CT molecular complexity index is 716. The highest BCUT2D eigenvalue weighted by Crippen LogP contribution is 2.25. The monoisotopic (exact) mass is 396 g/mol. The molecule has 0 spiro atoms. The lowest BCUT2D eigenvalue weighted by molar-refractivity contribution is -0.122. The third-order valence-electron chi connectivity index (χ3n) is 5.18. The number of sulfonamides is 1. The third kappa shape index (κ3) is 6.83. The first kappa shape index (κ1) is 23.5. The van der Waals surface area contributed by atoms with Crippen LogP contribution in [0.2, 0.25) is 0 Å². The molecule has 2 atom stereocenters. The summed E-state index contributed by atoms with van der Waals surface area (Å²) in [6.45, 7) is 10.6. The SMILES string of the molecule is CCCC[C@H](CC)CNC(=O)[C@@H](CC)N(c1ccc(C)c(C)c1)S(C)(=O)=O. The predicted molar refractivity (Wildman–Crippen MR) is 114 cm³/mol. The van der Waals surface area contributed by atoms with Crippen molar-refractivity contribution >= 4 is 21.6 Å². The molecule has 0 fully saturated rings. The lowest BCUT2D eigenvalue weighted by Gasteiger charge is -2.31. The van der Waals surface area contributed by atoms with Gasteiger partial charge in [0, 0.05) is 6.54 Å². The largest absolute Gasteiger partial charge is 0.354 e. The highest BCUT2D eigenvalue weighted by atomic mass is 32.2. The molecule has 1 aromatic carbocycles. The molecular formula is C21H36N2O3S. The lowest BCUT2D eigenvalue weighted by Crippen LogP contribution is -2.50. The number of nitrogens with zero attached hydrogens (tertiary/aromatic N) is 1. The Kier molecular flexibility index (Phi) is 9.30. The Morgan fingerprint density at radius 1 is 1.11 bits per heavy atom. The summed E-state index contributed by atoms with van der Waals surface area (Å²) in [6.07, 6.45) is 5.94. The standard InChI is InChI=1S/C21H36N2O3S/c1-7-10-11-18(8-2)15-22-21(24)20(9-3)23(27(6,25)26)19-13-12-16(4)17(5)14-19/h12-14,18,20H,7-11,15H2,1-6H3,(H,22,24)/t18-,20+/m0/s1. The Hall–Kier alpha value is -1.56. The minimum absolute atomic E-state index is 0.226. The maximum Gasteiger partial charge on any atom is 0.243 e. The van der Waals surface area contributed by atoms with Gasteiger partial charge in [0.1, 0.15) is 6.04 Å². The molecular weight excluding hydrogens is 360 g/mol. The smallest absolute Gasteiger partial charge is 0.243 e. The van der Waals surface area contributed by atoms with Crippen LogP contribution in [-0.4, -0.2) is 33.2 Å². The van der Waals surface area contributed by atoms with Gasteiger partial charge in [0.05, 0.1) is 11.9 Å². The van der Waals surface area contributed by atoms with Crippen LogP contribution in [0, 0.1) is 19.8 Å². The Morgan fingerprint density at radius 2 is 1.78 bits per heavy atom. The number of benzene rings is 1. The molecule has 0 saturated carbocycles. The van der Waals surface area contributed by atoms with Crippen LogP contribution in [0.4, 0.5) is 5.69 Å². The fourth-order valence-electron chi connectivity index (χ4n) is 3.23. The molecule has 5 nitrogen and oxygen atoms in total. The van der Waals surface area contributed by atoms with Crippen molar-refractivity contribution in [3.8, 4) is 0 Å². The van der Waals surface area contributed by atoms with Crippen LogP contribution >= 0.6 is 0 Å². The van der Waals surface area contributed by atoms with E-state index in [1.54, 1.807) is 6.07 Å². The third-order valence-corrected chi connectivity index (χ3v) is 6.36. The maximum absolute atomic E-state index is 12.9. The number of aryl methyl sites for hydroxylation is 2. The van der Waals surface area contributed by atoms with Crippen molar-refractivity contribution in [2.45, 2.75) is 72.8 Å². The number of amides is 1. The summed E-state index contributed by atoms with van der Waals surface area (Å²) in [6, 6.07) is 4.76. The van der Waals surface area contributed by atoms with Gasteiger partial charge in [0.2, 0.25) is 15.9 Å². The molecule has 27 heavy (non-hydrogen) atoms. The van der Waals surface area contributed by atoms with E-state index >= 15 is 0 Å². The zero-order valence-electron chi connectivity index (χ0n) is 17.7. The average molecular weight is 397 g/mol. The van der Waals surface area contributed by atoms with Crippen LogP contribution in [0.5, 0.6) is 0 Å². The highest BCUT2D eigenvalue weighted by Gasteiger charge is 2.31. The number of carbonyl (C=O) groups excluding carboxylic acids is 1. The van der Waals surface area contributed by atoms with E-state index in [4.69, 9.17) is 0 Å². The van der Waals surface area contributed by atoms with Crippen LogP contribution in [0.25, 0.3) is 0 Å². The summed E-state index contributed by atoms with van der Waals surface area (Å²) in [5.41, 5.74) is 2.63. The Balaban J connectivity index is 3.04. The van der Waals surface area contributed by atoms with Crippen molar-refractivity contribution in [1.29, 1.82) is 0 Å². The van der Waals surface area contributed by atoms with Crippen molar-refractivity contribution in [2.75, 3.05) is 17.1 Å². The van der Waals surface area contributed by atoms with Gasteiger partial charge in [-0.05, 0) is 55.9 Å². The Morgan fingerprint density at radius 3 is 2.26 bits per heavy atom. The molecule has 0 aliphatic rings. The van der Waals surface area contributed by atoms with Crippen LogP contribution in [0.15, 0.2) is 18.2 Å². The van der Waals surface area contributed by atoms with Crippen molar-refractivity contribution in [3.05, 3.63) is 29.3 Å². The number of unbranched alkanes of at least 4 members (excludes halogenated alkanes) is 1. The minimum Gasteiger partial charge on any atom is -0.354 e. The van der Waals surface area contributed by atoms with Gasteiger partial charge in [-0.25, -0.2) is 8.42 Å². The first-order valence-corrected chi connectivity index (χ1v) is 11.8. The van der Waals surface area contributed by atoms with Gasteiger partial charge in [0.15, 0.2) is 0 Å². The maximum atomic E-state index is 12.9. The topological polar surface area (TPSA) is 66.5 Å². The van der Waals surface area contributed by atoms with Crippen molar-refractivity contribution in [3.63, 3.8) is 0 Å². The van der Waals surface area contributed by atoms with Gasteiger partial charge in [-0.3, -0.25) is 9.10 Å². The fraction of sp³-hybridized carbons (Fsp3) is 0.667. The average Bonchev–Trinajstić information content (AvgIpc) is 2.61. The second kappa shape index (κ2) is 10.7. The van der Waals surface area contributed by atoms with Gasteiger partial charge in [-0.1, -0.05) is 46.1 Å². The predicted octanol–water partition coefficient (Wildman–Crippen LogP) is 4.18. The fourth-order valence-corrected chi connectivity index (χ4v) is 4.43. The molecule has 1 aromatic rings. The molecule has 6 heteroatoms. The molecule has 0 heterocycles. The first-order chi connectivity index (χ1) is 12.6. The van der Waals surface area contributed by atoms with Crippen LogP contribution in [0.3, 0.4) is 0 Å². The molecule has 0 bridgehead atoms. The normalized spacial score (nSPS) is 13.9. The molecule has 0 aromatic heterocycles. The zero-order valence-corrected chi connectivity index (χ0v) is 18.5. The van der Waals surface area contributed by atoms with E-state index in [2.05, 4.69) is 19.2 Å².